The Hall–Kier alpha value is -1.16. The zero-order valence-corrected chi connectivity index (χ0v) is 8.34. The molecular weight excluding hydrogens is 209 g/mol. The molecule has 0 aliphatic rings. The summed E-state index contributed by atoms with van der Waals surface area (Å²) in [5, 5.41) is 0.263. The highest BCUT2D eigenvalue weighted by Crippen LogP contribution is 2.14. The molecular formula is C9H9ClFNO2. The molecule has 0 N–H and O–H groups in total. The van der Waals surface area contributed by atoms with Crippen LogP contribution in [0.4, 0.5) is 4.39 Å². The molecule has 0 aliphatic carbocycles. The molecule has 0 saturated carbocycles. The minimum absolute atomic E-state index is 0.107. The van der Waals surface area contributed by atoms with E-state index in [0.29, 0.717) is 0 Å². The van der Waals surface area contributed by atoms with Crippen molar-refractivity contribution in [2.75, 3.05) is 6.61 Å². The predicted molar refractivity (Wildman–Crippen MR) is 49.5 cm³/mol. The molecule has 0 bridgehead atoms. The summed E-state index contributed by atoms with van der Waals surface area (Å²) in [6, 6.07) is 2.50. The van der Waals surface area contributed by atoms with E-state index >= 15 is 0 Å². The first-order chi connectivity index (χ1) is 6.63. The van der Waals surface area contributed by atoms with Crippen molar-refractivity contribution in [2.45, 2.75) is 13.3 Å². The molecule has 0 atom stereocenters. The molecule has 3 nitrogen and oxygen atoms in total. The zero-order chi connectivity index (χ0) is 10.6. The first kappa shape index (κ1) is 10.9. The van der Waals surface area contributed by atoms with Crippen LogP contribution in [-0.2, 0) is 16.0 Å². The van der Waals surface area contributed by atoms with Gasteiger partial charge >= 0.3 is 5.97 Å². The van der Waals surface area contributed by atoms with Gasteiger partial charge in [-0.3, -0.25) is 4.79 Å². The standard InChI is InChI=1S/C9H9ClFNO2/c1-2-14-9(13)5-7-6(10)3-4-8(11)12-7/h3-4H,2,5H2,1H3. The molecule has 14 heavy (non-hydrogen) atoms. The van der Waals surface area contributed by atoms with Crippen LogP contribution in [0.5, 0.6) is 0 Å². The Morgan fingerprint density at radius 3 is 3.00 bits per heavy atom. The van der Waals surface area contributed by atoms with E-state index in [9.17, 15) is 9.18 Å². The number of esters is 1. The average molecular weight is 218 g/mol. The SMILES string of the molecule is CCOC(=O)Cc1nc(F)ccc1Cl. The first-order valence-corrected chi connectivity index (χ1v) is 4.47. The molecule has 0 aliphatic heterocycles. The van der Waals surface area contributed by atoms with Gasteiger partial charge in [-0.15, -0.1) is 0 Å². The number of ether oxygens (including phenoxy) is 1. The van der Waals surface area contributed by atoms with E-state index in [2.05, 4.69) is 9.72 Å². The Morgan fingerprint density at radius 2 is 2.36 bits per heavy atom. The average Bonchev–Trinajstić information content (AvgIpc) is 2.12. The molecule has 76 valence electrons. The van der Waals surface area contributed by atoms with Crippen LogP contribution >= 0.6 is 11.6 Å². The number of halogens is 2. The number of hydrogen-bond acceptors (Lipinski definition) is 3. The highest BCUT2D eigenvalue weighted by atomic mass is 35.5. The fourth-order valence-electron chi connectivity index (χ4n) is 0.930. The lowest BCUT2D eigenvalue weighted by molar-refractivity contribution is -0.142. The predicted octanol–water partition coefficient (Wildman–Crippen LogP) is 1.98. The number of aromatic nitrogens is 1. The van der Waals surface area contributed by atoms with Gasteiger partial charge in [-0.1, -0.05) is 11.6 Å². The molecule has 0 saturated heterocycles. The number of pyridine rings is 1. The van der Waals surface area contributed by atoms with Crippen LogP contribution in [0.3, 0.4) is 0 Å². The van der Waals surface area contributed by atoms with Gasteiger partial charge in [-0.2, -0.15) is 4.39 Å². The van der Waals surface area contributed by atoms with Crippen molar-refractivity contribution in [3.8, 4) is 0 Å². The van der Waals surface area contributed by atoms with Gasteiger partial charge in [-0.05, 0) is 19.1 Å². The molecule has 0 radical (unpaired) electrons. The summed E-state index contributed by atoms with van der Waals surface area (Å²) in [5.74, 6) is -1.12. The summed E-state index contributed by atoms with van der Waals surface area (Å²) in [6.07, 6.45) is -0.107. The van der Waals surface area contributed by atoms with E-state index in [0.717, 1.165) is 6.07 Å². The minimum Gasteiger partial charge on any atom is -0.466 e. The van der Waals surface area contributed by atoms with Crippen LogP contribution in [0, 0.1) is 5.95 Å². The highest BCUT2D eigenvalue weighted by Gasteiger charge is 2.10. The van der Waals surface area contributed by atoms with Gasteiger partial charge in [0.1, 0.15) is 0 Å². The molecule has 1 aromatic rings. The number of hydrogen-bond donors (Lipinski definition) is 0. The van der Waals surface area contributed by atoms with Gasteiger partial charge in [0.2, 0.25) is 5.95 Å². The van der Waals surface area contributed by atoms with E-state index in [1.54, 1.807) is 6.92 Å². The summed E-state index contributed by atoms with van der Waals surface area (Å²) in [4.78, 5) is 14.5. The molecule has 1 aromatic heterocycles. The van der Waals surface area contributed by atoms with Gasteiger partial charge in [0.25, 0.3) is 0 Å². The maximum Gasteiger partial charge on any atom is 0.311 e. The third-order valence-corrected chi connectivity index (χ3v) is 1.85. The van der Waals surface area contributed by atoms with E-state index < -0.39 is 11.9 Å². The molecule has 5 heteroatoms. The second-order valence-electron chi connectivity index (χ2n) is 2.54. The lowest BCUT2D eigenvalue weighted by atomic mass is 10.3. The quantitative estimate of drug-likeness (QED) is 0.574. The van der Waals surface area contributed by atoms with Crippen LogP contribution in [0.25, 0.3) is 0 Å². The largest absolute Gasteiger partial charge is 0.466 e. The molecule has 1 heterocycles. The summed E-state index contributed by atoms with van der Waals surface area (Å²) < 4.78 is 17.3. The van der Waals surface area contributed by atoms with E-state index in [1.807, 2.05) is 0 Å². The summed E-state index contributed by atoms with van der Waals surface area (Å²) in [7, 11) is 0. The third kappa shape index (κ3) is 2.96. The van der Waals surface area contributed by atoms with Crippen molar-refractivity contribution in [1.82, 2.24) is 4.98 Å². The van der Waals surface area contributed by atoms with Crippen LogP contribution in [0.2, 0.25) is 5.02 Å². The van der Waals surface area contributed by atoms with Crippen molar-refractivity contribution in [2.24, 2.45) is 0 Å². The summed E-state index contributed by atoms with van der Waals surface area (Å²) in [5.41, 5.74) is 0.199. The van der Waals surface area contributed by atoms with Crippen molar-refractivity contribution >= 4 is 17.6 Å². The lowest BCUT2D eigenvalue weighted by Gasteiger charge is -2.02. The molecule has 0 spiro atoms. The molecule has 0 aromatic carbocycles. The smallest absolute Gasteiger partial charge is 0.311 e. The van der Waals surface area contributed by atoms with Crippen LogP contribution in [-0.4, -0.2) is 17.6 Å². The first-order valence-electron chi connectivity index (χ1n) is 4.10. The van der Waals surface area contributed by atoms with Crippen LogP contribution in [0.1, 0.15) is 12.6 Å². The van der Waals surface area contributed by atoms with Crippen molar-refractivity contribution in [3.63, 3.8) is 0 Å². The Labute approximate surface area is 85.9 Å². The van der Waals surface area contributed by atoms with Crippen molar-refractivity contribution in [3.05, 3.63) is 28.8 Å². The number of carbonyl (C=O) groups is 1. The third-order valence-electron chi connectivity index (χ3n) is 1.50. The maximum absolute atomic E-state index is 12.7. The minimum atomic E-state index is -0.659. The van der Waals surface area contributed by atoms with Crippen LogP contribution < -0.4 is 0 Å². The van der Waals surface area contributed by atoms with Gasteiger partial charge < -0.3 is 4.74 Å². The number of nitrogens with zero attached hydrogens (tertiary/aromatic N) is 1. The molecule has 0 fully saturated rings. The number of carbonyl (C=O) groups excluding carboxylic acids is 1. The Morgan fingerprint density at radius 1 is 1.64 bits per heavy atom. The van der Waals surface area contributed by atoms with Crippen LogP contribution in [0.15, 0.2) is 12.1 Å². The summed E-state index contributed by atoms with van der Waals surface area (Å²) >= 11 is 5.70. The van der Waals surface area contributed by atoms with Gasteiger partial charge in [0, 0.05) is 0 Å². The van der Waals surface area contributed by atoms with Gasteiger partial charge in [0.05, 0.1) is 23.7 Å². The van der Waals surface area contributed by atoms with E-state index in [-0.39, 0.29) is 23.7 Å². The summed E-state index contributed by atoms with van der Waals surface area (Å²) in [6.45, 7) is 1.98. The lowest BCUT2D eigenvalue weighted by Crippen LogP contribution is -2.09. The zero-order valence-electron chi connectivity index (χ0n) is 7.59. The molecule has 0 unspecified atom stereocenters. The van der Waals surface area contributed by atoms with Crippen molar-refractivity contribution in [1.29, 1.82) is 0 Å². The highest BCUT2D eigenvalue weighted by molar-refractivity contribution is 6.31. The monoisotopic (exact) mass is 217 g/mol. The second kappa shape index (κ2) is 4.91. The fraction of sp³-hybridized carbons (Fsp3) is 0.333. The Balaban J connectivity index is 2.75. The maximum atomic E-state index is 12.7. The molecule has 0 amide bonds. The fourth-order valence-corrected chi connectivity index (χ4v) is 1.10. The van der Waals surface area contributed by atoms with Crippen molar-refractivity contribution < 1.29 is 13.9 Å². The molecule has 1 rings (SSSR count). The second-order valence-corrected chi connectivity index (χ2v) is 2.95. The van der Waals surface area contributed by atoms with E-state index in [4.69, 9.17) is 11.6 Å². The number of rotatable bonds is 3. The van der Waals surface area contributed by atoms with E-state index in [1.165, 1.54) is 6.07 Å². The van der Waals surface area contributed by atoms with Gasteiger partial charge in [0.15, 0.2) is 0 Å². The Kier molecular flexibility index (Phi) is 3.83. The van der Waals surface area contributed by atoms with Gasteiger partial charge in [-0.25, -0.2) is 4.98 Å². The normalized spacial score (nSPS) is 9.93. The topological polar surface area (TPSA) is 39.2 Å². The Bertz CT molecular complexity index is 344.